The summed E-state index contributed by atoms with van der Waals surface area (Å²) in [5.74, 6) is -0.111. The molecule has 114 valence electrons. The molecule has 0 atom stereocenters. The van der Waals surface area contributed by atoms with Crippen LogP contribution in [0.15, 0.2) is 39.8 Å². The van der Waals surface area contributed by atoms with Crippen molar-refractivity contribution < 1.29 is 17.2 Å². The van der Waals surface area contributed by atoms with Gasteiger partial charge in [0.05, 0.1) is 17.3 Å². The molecule has 0 fully saturated rings. The van der Waals surface area contributed by atoms with E-state index in [-0.39, 0.29) is 15.8 Å². The molecule has 1 heterocycles. The normalized spacial score (nSPS) is 11.6. The summed E-state index contributed by atoms with van der Waals surface area (Å²) in [5, 5.41) is 2.65. The van der Waals surface area contributed by atoms with E-state index in [1.54, 1.807) is 6.07 Å². The second-order valence-corrected chi connectivity index (χ2v) is 6.26. The summed E-state index contributed by atoms with van der Waals surface area (Å²) in [6.07, 6.45) is 0. The van der Waals surface area contributed by atoms with Crippen LogP contribution in [0.1, 0.15) is 12.7 Å². The molecule has 0 amide bonds. The maximum Gasteiger partial charge on any atom is 0.295 e. The smallest absolute Gasteiger partial charge is 0.295 e. The molecule has 2 aromatic rings. The van der Waals surface area contributed by atoms with Gasteiger partial charge in [-0.2, -0.15) is 8.42 Å². The van der Waals surface area contributed by atoms with Gasteiger partial charge in [-0.1, -0.05) is 18.5 Å². The first kappa shape index (κ1) is 15.8. The molecular weight excluding hydrogens is 319 g/mol. The highest BCUT2D eigenvalue weighted by atomic mass is 35.5. The van der Waals surface area contributed by atoms with Gasteiger partial charge < -0.3 is 9.73 Å². The molecule has 1 aromatic heterocycles. The van der Waals surface area contributed by atoms with Gasteiger partial charge in [0.2, 0.25) is 5.09 Å². The average molecular weight is 333 g/mol. The Kier molecular flexibility index (Phi) is 4.87. The fourth-order valence-corrected chi connectivity index (χ4v) is 2.79. The third-order valence-electron chi connectivity index (χ3n) is 2.62. The molecule has 0 saturated heterocycles. The molecule has 0 aliphatic carbocycles. The summed E-state index contributed by atoms with van der Waals surface area (Å²) < 4.78 is 44.8. The van der Waals surface area contributed by atoms with Gasteiger partial charge in [-0.3, -0.25) is 4.72 Å². The van der Waals surface area contributed by atoms with Crippen LogP contribution in [0.3, 0.4) is 0 Å². The molecule has 5 nitrogen and oxygen atoms in total. The molecule has 0 saturated carbocycles. The van der Waals surface area contributed by atoms with E-state index in [9.17, 15) is 12.8 Å². The number of furan rings is 1. The highest BCUT2D eigenvalue weighted by molar-refractivity contribution is 7.92. The summed E-state index contributed by atoms with van der Waals surface area (Å²) in [6, 6.07) is 6.49. The average Bonchev–Trinajstić information content (AvgIpc) is 2.90. The van der Waals surface area contributed by atoms with Crippen LogP contribution in [0.25, 0.3) is 0 Å². The first-order valence-corrected chi connectivity index (χ1v) is 8.06. The molecule has 0 unspecified atom stereocenters. The van der Waals surface area contributed by atoms with Gasteiger partial charge in [-0.15, -0.1) is 0 Å². The van der Waals surface area contributed by atoms with Crippen molar-refractivity contribution in [3.63, 3.8) is 0 Å². The zero-order valence-corrected chi connectivity index (χ0v) is 12.8. The van der Waals surface area contributed by atoms with Crippen molar-refractivity contribution in [3.05, 3.63) is 46.9 Å². The Morgan fingerprint density at radius 1 is 1.29 bits per heavy atom. The standard InChI is InChI=1S/C13H14ClFN2O3S/c1-2-16-8-10-4-6-13(20-10)21(18,19)17-9-3-5-12(15)11(14)7-9/h3-7,16-17H,2,8H2,1H3. The van der Waals surface area contributed by atoms with E-state index in [1.807, 2.05) is 6.92 Å². The van der Waals surface area contributed by atoms with E-state index in [2.05, 4.69) is 10.0 Å². The van der Waals surface area contributed by atoms with E-state index < -0.39 is 15.8 Å². The number of hydrogen-bond donors (Lipinski definition) is 2. The lowest BCUT2D eigenvalue weighted by Crippen LogP contribution is -2.13. The lowest BCUT2D eigenvalue weighted by atomic mass is 10.3. The number of nitrogens with one attached hydrogen (secondary N) is 2. The molecule has 21 heavy (non-hydrogen) atoms. The van der Waals surface area contributed by atoms with Crippen LogP contribution in [0.4, 0.5) is 10.1 Å². The van der Waals surface area contributed by atoms with E-state index in [4.69, 9.17) is 16.0 Å². The monoisotopic (exact) mass is 332 g/mol. The van der Waals surface area contributed by atoms with Crippen molar-refractivity contribution in [2.75, 3.05) is 11.3 Å². The molecule has 1 aromatic carbocycles. The van der Waals surface area contributed by atoms with Gasteiger partial charge in [-0.25, -0.2) is 4.39 Å². The Bertz CT molecular complexity index is 731. The Balaban J connectivity index is 2.17. The third kappa shape index (κ3) is 3.96. The highest BCUT2D eigenvalue weighted by Gasteiger charge is 2.19. The number of sulfonamides is 1. The summed E-state index contributed by atoms with van der Waals surface area (Å²) in [6.45, 7) is 3.12. The molecule has 0 radical (unpaired) electrons. The lowest BCUT2D eigenvalue weighted by Gasteiger charge is -2.06. The molecule has 0 bridgehead atoms. The maximum atomic E-state index is 13.0. The van der Waals surface area contributed by atoms with E-state index in [0.717, 1.165) is 12.6 Å². The Morgan fingerprint density at radius 2 is 2.05 bits per heavy atom. The second-order valence-electron chi connectivity index (χ2n) is 4.24. The first-order valence-electron chi connectivity index (χ1n) is 6.19. The van der Waals surface area contributed by atoms with Crippen LogP contribution in [-0.4, -0.2) is 15.0 Å². The van der Waals surface area contributed by atoms with Gasteiger partial charge >= 0.3 is 0 Å². The van der Waals surface area contributed by atoms with Crippen molar-refractivity contribution in [2.45, 2.75) is 18.6 Å². The predicted octanol–water partition coefficient (Wildman–Crippen LogP) is 2.98. The van der Waals surface area contributed by atoms with Gasteiger partial charge in [0.1, 0.15) is 11.6 Å². The van der Waals surface area contributed by atoms with E-state index in [1.165, 1.54) is 18.2 Å². The maximum absolute atomic E-state index is 13.0. The van der Waals surface area contributed by atoms with Crippen LogP contribution in [0.2, 0.25) is 5.02 Å². The summed E-state index contributed by atoms with van der Waals surface area (Å²) in [4.78, 5) is 0. The number of hydrogen-bond acceptors (Lipinski definition) is 4. The summed E-state index contributed by atoms with van der Waals surface area (Å²) in [7, 11) is -3.87. The number of benzene rings is 1. The molecule has 0 aliphatic heterocycles. The first-order chi connectivity index (χ1) is 9.92. The van der Waals surface area contributed by atoms with Gasteiger partial charge in [0, 0.05) is 0 Å². The minimum atomic E-state index is -3.87. The molecule has 2 rings (SSSR count). The quantitative estimate of drug-likeness (QED) is 0.853. The molecule has 2 N–H and O–H groups in total. The number of halogens is 2. The zero-order chi connectivity index (χ0) is 15.5. The van der Waals surface area contributed by atoms with Gasteiger partial charge in [-0.05, 0) is 36.9 Å². The van der Waals surface area contributed by atoms with Gasteiger partial charge in [0.25, 0.3) is 10.0 Å². The fourth-order valence-electron chi connectivity index (χ4n) is 1.61. The highest BCUT2D eigenvalue weighted by Crippen LogP contribution is 2.23. The van der Waals surface area contributed by atoms with Crippen molar-refractivity contribution >= 4 is 27.3 Å². The van der Waals surface area contributed by atoms with Crippen molar-refractivity contribution in [3.8, 4) is 0 Å². The van der Waals surface area contributed by atoms with Crippen LogP contribution in [0.5, 0.6) is 0 Å². The minimum Gasteiger partial charge on any atom is -0.446 e. The van der Waals surface area contributed by atoms with E-state index in [0.29, 0.717) is 12.3 Å². The van der Waals surface area contributed by atoms with Crippen LogP contribution in [-0.2, 0) is 16.6 Å². The number of anilines is 1. The van der Waals surface area contributed by atoms with Crippen molar-refractivity contribution in [1.29, 1.82) is 0 Å². The minimum absolute atomic E-state index is 0.158. The fraction of sp³-hybridized carbons (Fsp3) is 0.231. The third-order valence-corrected chi connectivity index (χ3v) is 4.17. The molecule has 0 spiro atoms. The molecule has 8 heteroatoms. The van der Waals surface area contributed by atoms with Crippen molar-refractivity contribution in [2.24, 2.45) is 0 Å². The molecule has 0 aliphatic rings. The summed E-state index contributed by atoms with van der Waals surface area (Å²) >= 11 is 5.61. The topological polar surface area (TPSA) is 71.3 Å². The Labute approximate surface area is 127 Å². The Morgan fingerprint density at radius 3 is 2.71 bits per heavy atom. The number of rotatable bonds is 6. The SMILES string of the molecule is CCNCc1ccc(S(=O)(=O)Nc2ccc(F)c(Cl)c2)o1. The molecular formula is C13H14ClFN2O3S. The largest absolute Gasteiger partial charge is 0.446 e. The van der Waals surface area contributed by atoms with Crippen LogP contribution < -0.4 is 10.0 Å². The lowest BCUT2D eigenvalue weighted by molar-refractivity contribution is 0.405. The second kappa shape index (κ2) is 6.46. The van der Waals surface area contributed by atoms with Crippen LogP contribution >= 0.6 is 11.6 Å². The summed E-state index contributed by atoms with van der Waals surface area (Å²) in [5.41, 5.74) is 0.158. The van der Waals surface area contributed by atoms with Crippen LogP contribution in [0, 0.1) is 5.82 Å². The van der Waals surface area contributed by atoms with E-state index >= 15 is 0 Å². The Hall–Kier alpha value is -1.57. The van der Waals surface area contributed by atoms with Gasteiger partial charge in [0.15, 0.2) is 0 Å². The predicted molar refractivity (Wildman–Crippen MR) is 78.3 cm³/mol. The zero-order valence-electron chi connectivity index (χ0n) is 11.2. The van der Waals surface area contributed by atoms with Crippen molar-refractivity contribution in [1.82, 2.24) is 5.32 Å².